The highest BCUT2D eigenvalue weighted by Gasteiger charge is 2.32. The molecule has 0 saturated heterocycles. The molecule has 0 aliphatic heterocycles. The molecule has 0 heterocycles. The molecule has 0 spiro atoms. The summed E-state index contributed by atoms with van der Waals surface area (Å²) in [6, 6.07) is 9.94. The van der Waals surface area contributed by atoms with Crippen LogP contribution in [0.4, 0.5) is 0 Å². The number of carboxylic acids is 1. The first-order chi connectivity index (χ1) is 7.64. The minimum absolute atomic E-state index is 0.582. The maximum Gasteiger partial charge on any atom is 0.313 e. The highest BCUT2D eigenvalue weighted by Crippen LogP contribution is 2.29. The van der Waals surface area contributed by atoms with Gasteiger partial charge in [-0.25, -0.2) is 0 Å². The summed E-state index contributed by atoms with van der Waals surface area (Å²) in [6.45, 7) is 5.55. The van der Waals surface area contributed by atoms with Crippen LogP contribution >= 0.6 is 0 Å². The van der Waals surface area contributed by atoms with Crippen molar-refractivity contribution in [2.75, 3.05) is 0 Å². The summed E-state index contributed by atoms with van der Waals surface area (Å²) in [7, 11) is 0. The second kappa shape index (κ2) is 5.50. The lowest BCUT2D eigenvalue weighted by Gasteiger charge is -2.23. The SMILES string of the molecule is C=CC(CC)(CCc1ccccc1)C(=O)O. The molecular formula is C14H18O2. The average Bonchev–Trinajstić information content (AvgIpc) is 2.32. The van der Waals surface area contributed by atoms with E-state index in [9.17, 15) is 9.90 Å². The molecule has 0 radical (unpaired) electrons. The second-order valence-corrected chi connectivity index (χ2v) is 4.00. The maximum absolute atomic E-state index is 11.2. The van der Waals surface area contributed by atoms with E-state index in [1.807, 2.05) is 37.3 Å². The molecule has 0 aliphatic carbocycles. The van der Waals surface area contributed by atoms with Crippen molar-refractivity contribution in [3.8, 4) is 0 Å². The number of hydrogen-bond acceptors (Lipinski definition) is 1. The van der Waals surface area contributed by atoms with Crippen molar-refractivity contribution in [2.24, 2.45) is 5.41 Å². The van der Waals surface area contributed by atoms with E-state index in [2.05, 4.69) is 6.58 Å². The van der Waals surface area contributed by atoms with Gasteiger partial charge in [-0.1, -0.05) is 43.3 Å². The van der Waals surface area contributed by atoms with Crippen molar-refractivity contribution in [1.29, 1.82) is 0 Å². The van der Waals surface area contributed by atoms with Gasteiger partial charge in [0.25, 0.3) is 0 Å². The zero-order chi connectivity index (χ0) is 12.0. The van der Waals surface area contributed by atoms with E-state index in [0.29, 0.717) is 12.8 Å². The summed E-state index contributed by atoms with van der Waals surface area (Å²) in [6.07, 6.45) is 3.52. The summed E-state index contributed by atoms with van der Waals surface area (Å²) in [4.78, 5) is 11.2. The van der Waals surface area contributed by atoms with Crippen LogP contribution in [0.2, 0.25) is 0 Å². The van der Waals surface area contributed by atoms with Crippen LogP contribution in [0.25, 0.3) is 0 Å². The number of aryl methyl sites for hydroxylation is 1. The lowest BCUT2D eigenvalue weighted by Crippen LogP contribution is -2.28. The molecule has 2 nitrogen and oxygen atoms in total. The van der Waals surface area contributed by atoms with Crippen LogP contribution in [0.3, 0.4) is 0 Å². The van der Waals surface area contributed by atoms with Crippen LogP contribution < -0.4 is 0 Å². The van der Waals surface area contributed by atoms with Gasteiger partial charge >= 0.3 is 5.97 Å². The third-order valence-corrected chi connectivity index (χ3v) is 3.15. The number of benzene rings is 1. The van der Waals surface area contributed by atoms with E-state index < -0.39 is 11.4 Å². The molecule has 86 valence electrons. The third kappa shape index (κ3) is 2.72. The minimum atomic E-state index is -0.782. The first-order valence-electron chi connectivity index (χ1n) is 5.55. The molecule has 1 aromatic rings. The van der Waals surface area contributed by atoms with Crippen molar-refractivity contribution in [3.05, 3.63) is 48.6 Å². The first-order valence-corrected chi connectivity index (χ1v) is 5.55. The fourth-order valence-corrected chi connectivity index (χ4v) is 1.78. The van der Waals surface area contributed by atoms with Gasteiger partial charge in [-0.05, 0) is 24.8 Å². The van der Waals surface area contributed by atoms with Gasteiger partial charge in [0.1, 0.15) is 0 Å². The molecule has 0 aliphatic rings. The van der Waals surface area contributed by atoms with Crippen molar-refractivity contribution < 1.29 is 9.90 Å². The lowest BCUT2D eigenvalue weighted by atomic mass is 9.80. The van der Waals surface area contributed by atoms with E-state index in [1.54, 1.807) is 6.08 Å². The third-order valence-electron chi connectivity index (χ3n) is 3.15. The molecule has 0 bridgehead atoms. The Morgan fingerprint density at radius 2 is 2.06 bits per heavy atom. The Hall–Kier alpha value is -1.57. The van der Waals surface area contributed by atoms with Gasteiger partial charge in [0.2, 0.25) is 0 Å². The van der Waals surface area contributed by atoms with Gasteiger partial charge in [0.15, 0.2) is 0 Å². The van der Waals surface area contributed by atoms with E-state index in [4.69, 9.17) is 0 Å². The van der Waals surface area contributed by atoms with E-state index in [-0.39, 0.29) is 0 Å². The van der Waals surface area contributed by atoms with Crippen LogP contribution in [-0.4, -0.2) is 11.1 Å². The molecular weight excluding hydrogens is 200 g/mol. The quantitative estimate of drug-likeness (QED) is 0.744. The molecule has 0 amide bonds. The summed E-state index contributed by atoms with van der Waals surface area (Å²) in [5, 5.41) is 9.23. The Kier molecular flexibility index (Phi) is 4.29. The predicted molar refractivity (Wildman–Crippen MR) is 65.3 cm³/mol. The summed E-state index contributed by atoms with van der Waals surface area (Å²) in [5.41, 5.74) is 0.388. The molecule has 1 unspecified atom stereocenters. The molecule has 1 atom stereocenters. The second-order valence-electron chi connectivity index (χ2n) is 4.00. The minimum Gasteiger partial charge on any atom is -0.481 e. The van der Waals surface area contributed by atoms with Crippen molar-refractivity contribution in [1.82, 2.24) is 0 Å². The summed E-state index contributed by atoms with van der Waals surface area (Å²) < 4.78 is 0. The van der Waals surface area contributed by atoms with Gasteiger partial charge in [0.05, 0.1) is 5.41 Å². The lowest BCUT2D eigenvalue weighted by molar-refractivity contribution is -0.146. The number of hydrogen-bond donors (Lipinski definition) is 1. The number of aliphatic carboxylic acids is 1. The molecule has 0 saturated carbocycles. The molecule has 1 rings (SSSR count). The normalized spacial score (nSPS) is 14.1. The van der Waals surface area contributed by atoms with E-state index in [0.717, 1.165) is 6.42 Å². The van der Waals surface area contributed by atoms with Crippen LogP contribution in [0.15, 0.2) is 43.0 Å². The zero-order valence-electron chi connectivity index (χ0n) is 9.65. The summed E-state index contributed by atoms with van der Waals surface area (Å²) >= 11 is 0. The van der Waals surface area contributed by atoms with Gasteiger partial charge < -0.3 is 5.11 Å². The van der Waals surface area contributed by atoms with Gasteiger partial charge in [0, 0.05) is 0 Å². The summed E-state index contributed by atoms with van der Waals surface area (Å²) in [5.74, 6) is -0.777. The Bertz CT molecular complexity index is 356. The molecule has 1 aromatic carbocycles. The van der Waals surface area contributed by atoms with E-state index >= 15 is 0 Å². The highest BCUT2D eigenvalue weighted by molar-refractivity contribution is 5.76. The molecule has 0 aromatic heterocycles. The van der Waals surface area contributed by atoms with Gasteiger partial charge in [-0.15, -0.1) is 6.58 Å². The highest BCUT2D eigenvalue weighted by atomic mass is 16.4. The van der Waals surface area contributed by atoms with Crippen LogP contribution in [-0.2, 0) is 11.2 Å². The molecule has 2 heteroatoms. The van der Waals surface area contributed by atoms with Crippen molar-refractivity contribution >= 4 is 5.97 Å². The molecule has 16 heavy (non-hydrogen) atoms. The van der Waals surface area contributed by atoms with Crippen molar-refractivity contribution in [3.63, 3.8) is 0 Å². The van der Waals surface area contributed by atoms with Crippen molar-refractivity contribution in [2.45, 2.75) is 26.2 Å². The Morgan fingerprint density at radius 1 is 1.44 bits per heavy atom. The Labute approximate surface area is 96.6 Å². The Morgan fingerprint density at radius 3 is 2.50 bits per heavy atom. The van der Waals surface area contributed by atoms with Gasteiger partial charge in [-0.3, -0.25) is 4.79 Å². The fourth-order valence-electron chi connectivity index (χ4n) is 1.78. The maximum atomic E-state index is 11.2. The van der Waals surface area contributed by atoms with Crippen LogP contribution in [0.5, 0.6) is 0 Å². The first kappa shape index (κ1) is 12.5. The number of carbonyl (C=O) groups is 1. The predicted octanol–water partition coefficient (Wildman–Crippen LogP) is 3.29. The van der Waals surface area contributed by atoms with E-state index in [1.165, 1.54) is 5.56 Å². The van der Waals surface area contributed by atoms with Crippen LogP contribution in [0, 0.1) is 5.41 Å². The zero-order valence-corrected chi connectivity index (χ0v) is 9.65. The fraction of sp³-hybridized carbons (Fsp3) is 0.357. The largest absolute Gasteiger partial charge is 0.481 e. The molecule has 0 fully saturated rings. The Balaban J connectivity index is 2.71. The number of carboxylic acid groups (broad SMARTS) is 1. The smallest absolute Gasteiger partial charge is 0.313 e. The monoisotopic (exact) mass is 218 g/mol. The number of rotatable bonds is 6. The topological polar surface area (TPSA) is 37.3 Å². The molecule has 1 N–H and O–H groups in total. The average molecular weight is 218 g/mol. The van der Waals surface area contributed by atoms with Crippen LogP contribution in [0.1, 0.15) is 25.3 Å². The standard InChI is InChI=1S/C14H18O2/c1-3-14(4-2,13(15)16)11-10-12-8-6-5-7-9-12/h3,5-9H,1,4,10-11H2,2H3,(H,15,16). The van der Waals surface area contributed by atoms with Gasteiger partial charge in [-0.2, -0.15) is 0 Å².